The van der Waals surface area contributed by atoms with Gasteiger partial charge in [0.05, 0.1) is 22.4 Å². The quantitative estimate of drug-likeness (QED) is 0.644. The van der Waals surface area contributed by atoms with Gasteiger partial charge in [-0.2, -0.15) is 0 Å². The van der Waals surface area contributed by atoms with E-state index in [1.807, 2.05) is 6.92 Å². The maximum absolute atomic E-state index is 4.81. The number of aromatic nitrogens is 2. The van der Waals surface area contributed by atoms with E-state index < -0.39 is 0 Å². The van der Waals surface area contributed by atoms with Crippen LogP contribution >= 0.6 is 0 Å². The van der Waals surface area contributed by atoms with E-state index in [2.05, 4.69) is 57.2 Å². The van der Waals surface area contributed by atoms with E-state index in [0.717, 1.165) is 28.0 Å². The highest BCUT2D eigenvalue weighted by molar-refractivity contribution is 5.80. The third-order valence-electron chi connectivity index (χ3n) is 3.78. The molecule has 0 N–H and O–H groups in total. The molecule has 1 heterocycles. The maximum atomic E-state index is 4.81. The Morgan fingerprint density at radius 2 is 1.25 bits per heavy atom. The lowest BCUT2D eigenvalue weighted by Gasteiger charge is -2.09. The SMILES string of the molecule is Cc1ccc(-c2nc3cc(C)c(C)cc3nc2C)cc1. The van der Waals surface area contributed by atoms with Crippen molar-refractivity contribution in [2.24, 2.45) is 0 Å². The summed E-state index contributed by atoms with van der Waals surface area (Å²) in [6.45, 7) is 8.34. The first-order chi connectivity index (χ1) is 9.54. The van der Waals surface area contributed by atoms with Gasteiger partial charge in [-0.05, 0) is 51.0 Å². The first-order valence-electron chi connectivity index (χ1n) is 6.87. The number of hydrogen-bond donors (Lipinski definition) is 0. The molecule has 2 aromatic carbocycles. The molecule has 3 aromatic rings. The molecule has 0 aliphatic carbocycles. The number of hydrogen-bond acceptors (Lipinski definition) is 2. The van der Waals surface area contributed by atoms with Crippen LogP contribution in [0.2, 0.25) is 0 Å². The second-order valence-corrected chi connectivity index (χ2v) is 5.45. The summed E-state index contributed by atoms with van der Waals surface area (Å²) in [6.07, 6.45) is 0. The highest BCUT2D eigenvalue weighted by atomic mass is 14.8. The summed E-state index contributed by atoms with van der Waals surface area (Å²) in [4.78, 5) is 9.53. The summed E-state index contributed by atoms with van der Waals surface area (Å²) in [5, 5.41) is 0. The molecule has 3 rings (SSSR count). The summed E-state index contributed by atoms with van der Waals surface area (Å²) in [5.74, 6) is 0. The van der Waals surface area contributed by atoms with Crippen LogP contribution in [0.25, 0.3) is 22.3 Å². The molecule has 0 bridgehead atoms. The van der Waals surface area contributed by atoms with E-state index in [1.54, 1.807) is 0 Å². The lowest BCUT2D eigenvalue weighted by molar-refractivity contribution is 1.18. The van der Waals surface area contributed by atoms with Crippen LogP contribution in [0.5, 0.6) is 0 Å². The molecule has 100 valence electrons. The van der Waals surface area contributed by atoms with E-state index in [1.165, 1.54) is 16.7 Å². The normalized spacial score (nSPS) is 11.0. The molecule has 1 aromatic heterocycles. The summed E-state index contributed by atoms with van der Waals surface area (Å²) in [7, 11) is 0. The topological polar surface area (TPSA) is 25.8 Å². The largest absolute Gasteiger partial charge is 0.249 e. The molecule has 0 saturated heterocycles. The Morgan fingerprint density at radius 3 is 1.85 bits per heavy atom. The Kier molecular flexibility index (Phi) is 3.01. The number of benzene rings is 2. The van der Waals surface area contributed by atoms with Crippen molar-refractivity contribution >= 4 is 11.0 Å². The van der Waals surface area contributed by atoms with Crippen molar-refractivity contribution in [3.8, 4) is 11.3 Å². The van der Waals surface area contributed by atoms with Crippen LogP contribution in [0.1, 0.15) is 22.4 Å². The molecule has 2 nitrogen and oxygen atoms in total. The molecule has 0 aliphatic rings. The zero-order chi connectivity index (χ0) is 14.3. The maximum Gasteiger partial charge on any atom is 0.0922 e. The van der Waals surface area contributed by atoms with Crippen molar-refractivity contribution in [2.75, 3.05) is 0 Å². The van der Waals surface area contributed by atoms with Gasteiger partial charge in [-0.3, -0.25) is 0 Å². The molecule has 0 fully saturated rings. The van der Waals surface area contributed by atoms with Gasteiger partial charge in [-0.1, -0.05) is 29.8 Å². The van der Waals surface area contributed by atoms with Gasteiger partial charge in [0.25, 0.3) is 0 Å². The van der Waals surface area contributed by atoms with Gasteiger partial charge < -0.3 is 0 Å². The van der Waals surface area contributed by atoms with Crippen LogP contribution in [0, 0.1) is 27.7 Å². The first-order valence-corrected chi connectivity index (χ1v) is 6.87. The van der Waals surface area contributed by atoms with Crippen LogP contribution in [0.15, 0.2) is 36.4 Å². The molecular formula is C18H18N2. The standard InChI is InChI=1S/C18H18N2/c1-11-5-7-15(8-6-11)18-14(4)19-16-9-12(2)13(3)10-17(16)20-18/h5-10H,1-4H3. The average Bonchev–Trinajstić information content (AvgIpc) is 2.41. The molecule has 0 amide bonds. The molecule has 0 unspecified atom stereocenters. The molecular weight excluding hydrogens is 244 g/mol. The van der Waals surface area contributed by atoms with Crippen LogP contribution < -0.4 is 0 Å². The van der Waals surface area contributed by atoms with E-state index in [9.17, 15) is 0 Å². The number of fused-ring (bicyclic) bond motifs is 1. The minimum Gasteiger partial charge on any atom is -0.249 e. The van der Waals surface area contributed by atoms with Gasteiger partial charge >= 0.3 is 0 Å². The summed E-state index contributed by atoms with van der Waals surface area (Å²) in [6, 6.07) is 12.7. The van der Waals surface area contributed by atoms with Crippen molar-refractivity contribution in [1.29, 1.82) is 0 Å². The van der Waals surface area contributed by atoms with Crippen molar-refractivity contribution in [1.82, 2.24) is 9.97 Å². The highest BCUT2D eigenvalue weighted by Gasteiger charge is 2.08. The smallest absolute Gasteiger partial charge is 0.0922 e. The van der Waals surface area contributed by atoms with Crippen molar-refractivity contribution in [3.05, 3.63) is 58.8 Å². The molecule has 0 spiro atoms. The summed E-state index contributed by atoms with van der Waals surface area (Å²) in [5.41, 5.74) is 8.79. The van der Waals surface area contributed by atoms with Gasteiger partial charge in [-0.15, -0.1) is 0 Å². The van der Waals surface area contributed by atoms with E-state index in [-0.39, 0.29) is 0 Å². The van der Waals surface area contributed by atoms with Crippen LogP contribution in [-0.4, -0.2) is 9.97 Å². The average molecular weight is 262 g/mol. The van der Waals surface area contributed by atoms with Gasteiger partial charge in [0.1, 0.15) is 0 Å². The lowest BCUT2D eigenvalue weighted by Crippen LogP contribution is -1.96. The second-order valence-electron chi connectivity index (χ2n) is 5.45. The minimum absolute atomic E-state index is 0.967. The molecule has 0 saturated carbocycles. The van der Waals surface area contributed by atoms with E-state index >= 15 is 0 Å². The third kappa shape index (κ3) is 2.18. The predicted octanol–water partition coefficient (Wildman–Crippen LogP) is 4.53. The Balaban J connectivity index is 2.23. The Bertz CT molecular complexity index is 787. The van der Waals surface area contributed by atoms with Crippen LogP contribution in [-0.2, 0) is 0 Å². The van der Waals surface area contributed by atoms with Crippen LogP contribution in [0.4, 0.5) is 0 Å². The van der Waals surface area contributed by atoms with Crippen molar-refractivity contribution in [2.45, 2.75) is 27.7 Å². The molecule has 20 heavy (non-hydrogen) atoms. The molecule has 0 radical (unpaired) electrons. The monoisotopic (exact) mass is 262 g/mol. The van der Waals surface area contributed by atoms with Gasteiger partial charge in [-0.25, -0.2) is 9.97 Å². The zero-order valence-corrected chi connectivity index (χ0v) is 12.4. The van der Waals surface area contributed by atoms with Crippen LogP contribution in [0.3, 0.4) is 0 Å². The molecule has 0 atom stereocenters. The Hall–Kier alpha value is -2.22. The summed E-state index contributed by atoms with van der Waals surface area (Å²) >= 11 is 0. The fourth-order valence-corrected chi connectivity index (χ4v) is 2.38. The number of aryl methyl sites for hydroxylation is 4. The van der Waals surface area contributed by atoms with Gasteiger partial charge in [0, 0.05) is 5.56 Å². The van der Waals surface area contributed by atoms with E-state index in [4.69, 9.17) is 9.97 Å². The predicted molar refractivity (Wildman–Crippen MR) is 83.9 cm³/mol. The lowest BCUT2D eigenvalue weighted by atomic mass is 10.1. The van der Waals surface area contributed by atoms with Gasteiger partial charge in [0.2, 0.25) is 0 Å². The Labute approximate surface area is 119 Å². The fraction of sp³-hybridized carbons (Fsp3) is 0.222. The van der Waals surface area contributed by atoms with Crippen molar-refractivity contribution < 1.29 is 0 Å². The Morgan fingerprint density at radius 1 is 0.700 bits per heavy atom. The first kappa shape index (κ1) is 12.8. The second kappa shape index (κ2) is 4.71. The zero-order valence-electron chi connectivity index (χ0n) is 12.4. The number of nitrogens with zero attached hydrogens (tertiary/aromatic N) is 2. The minimum atomic E-state index is 0.967. The summed E-state index contributed by atoms with van der Waals surface area (Å²) < 4.78 is 0. The van der Waals surface area contributed by atoms with E-state index in [0.29, 0.717) is 0 Å². The van der Waals surface area contributed by atoms with Gasteiger partial charge in [0.15, 0.2) is 0 Å². The number of rotatable bonds is 1. The third-order valence-corrected chi connectivity index (χ3v) is 3.78. The fourth-order valence-electron chi connectivity index (χ4n) is 2.38. The highest BCUT2D eigenvalue weighted by Crippen LogP contribution is 2.24. The molecule has 0 aliphatic heterocycles. The van der Waals surface area contributed by atoms with Crippen molar-refractivity contribution in [3.63, 3.8) is 0 Å². The molecule has 2 heteroatoms.